The highest BCUT2D eigenvalue weighted by atomic mass is 19.1. The first-order valence-corrected chi connectivity index (χ1v) is 5.82. The second kappa shape index (κ2) is 4.42. The Hall–Kier alpha value is -1.09. The minimum absolute atomic E-state index is 0.158. The van der Waals surface area contributed by atoms with Crippen molar-refractivity contribution in [2.75, 3.05) is 24.5 Å². The Balaban J connectivity index is 2.11. The molecule has 1 aliphatic heterocycles. The minimum atomic E-state index is -0.158. The van der Waals surface area contributed by atoms with Crippen LogP contribution in [0.5, 0.6) is 0 Å². The number of anilines is 1. The highest BCUT2D eigenvalue weighted by Gasteiger charge is 2.22. The van der Waals surface area contributed by atoms with Gasteiger partial charge in [0.1, 0.15) is 5.82 Å². The Morgan fingerprint density at radius 2 is 2.12 bits per heavy atom. The number of benzene rings is 1. The molecule has 88 valence electrons. The molecular weight excluding hydrogens is 203 g/mol. The molecule has 2 nitrogen and oxygen atoms in total. The molecule has 16 heavy (non-hydrogen) atoms. The van der Waals surface area contributed by atoms with Crippen LogP contribution >= 0.6 is 0 Å². The zero-order valence-electron chi connectivity index (χ0n) is 9.96. The van der Waals surface area contributed by atoms with Gasteiger partial charge in [0.05, 0.1) is 0 Å². The van der Waals surface area contributed by atoms with Crippen molar-refractivity contribution in [1.82, 2.24) is 5.32 Å². The van der Waals surface area contributed by atoms with Gasteiger partial charge in [-0.2, -0.15) is 0 Å². The number of halogens is 1. The van der Waals surface area contributed by atoms with Crippen LogP contribution in [0.3, 0.4) is 0 Å². The second-order valence-corrected chi connectivity index (χ2v) is 5.03. The molecule has 0 bridgehead atoms. The maximum absolute atomic E-state index is 13.1. The maximum atomic E-state index is 13.1. The van der Waals surface area contributed by atoms with E-state index in [9.17, 15) is 4.39 Å². The van der Waals surface area contributed by atoms with E-state index in [2.05, 4.69) is 24.1 Å². The van der Waals surface area contributed by atoms with Crippen molar-refractivity contribution >= 4 is 5.69 Å². The van der Waals surface area contributed by atoms with Gasteiger partial charge in [-0.05, 0) is 38.5 Å². The first-order chi connectivity index (χ1) is 7.57. The fraction of sp³-hybridized carbons (Fsp3) is 0.538. The molecule has 1 fully saturated rings. The van der Waals surface area contributed by atoms with E-state index in [0.717, 1.165) is 31.7 Å². The molecule has 2 rings (SSSR count). The zero-order valence-corrected chi connectivity index (χ0v) is 9.96. The molecular formula is C13H19FN2. The Morgan fingerprint density at radius 1 is 1.31 bits per heavy atom. The lowest BCUT2D eigenvalue weighted by Gasteiger charge is -2.24. The zero-order chi connectivity index (χ0) is 11.6. The van der Waals surface area contributed by atoms with E-state index in [4.69, 9.17) is 0 Å². The number of nitrogens with zero attached hydrogens (tertiary/aromatic N) is 1. The number of rotatable bonds is 1. The second-order valence-electron chi connectivity index (χ2n) is 5.03. The van der Waals surface area contributed by atoms with Crippen molar-refractivity contribution in [2.45, 2.75) is 25.8 Å². The smallest absolute Gasteiger partial charge is 0.125 e. The van der Waals surface area contributed by atoms with Gasteiger partial charge in [-0.15, -0.1) is 0 Å². The quantitative estimate of drug-likeness (QED) is 0.785. The maximum Gasteiger partial charge on any atom is 0.125 e. The molecule has 0 atom stereocenters. The minimum Gasteiger partial charge on any atom is -0.370 e. The third-order valence-electron chi connectivity index (χ3n) is 3.17. The summed E-state index contributed by atoms with van der Waals surface area (Å²) in [6.07, 6.45) is 1.07. The molecule has 1 saturated heterocycles. The van der Waals surface area contributed by atoms with Gasteiger partial charge in [-0.1, -0.05) is 6.07 Å². The summed E-state index contributed by atoms with van der Waals surface area (Å²) in [5.74, 6) is -0.158. The lowest BCUT2D eigenvalue weighted by atomic mass is 10.0. The topological polar surface area (TPSA) is 15.3 Å². The van der Waals surface area contributed by atoms with Crippen LogP contribution in [0, 0.1) is 5.82 Å². The summed E-state index contributed by atoms with van der Waals surface area (Å²) in [5.41, 5.74) is 1.17. The average molecular weight is 222 g/mol. The van der Waals surface area contributed by atoms with Crippen LogP contribution in [0.2, 0.25) is 0 Å². The third-order valence-corrected chi connectivity index (χ3v) is 3.17. The average Bonchev–Trinajstić information content (AvgIpc) is 2.39. The Labute approximate surface area is 96.5 Å². The largest absolute Gasteiger partial charge is 0.370 e. The summed E-state index contributed by atoms with van der Waals surface area (Å²) in [5, 5.41) is 3.50. The number of nitrogens with one attached hydrogen (secondary N) is 1. The summed E-state index contributed by atoms with van der Waals surface area (Å²) < 4.78 is 13.1. The Kier molecular flexibility index (Phi) is 3.15. The monoisotopic (exact) mass is 222 g/mol. The van der Waals surface area contributed by atoms with E-state index in [1.807, 2.05) is 6.07 Å². The van der Waals surface area contributed by atoms with Crippen LogP contribution in [-0.4, -0.2) is 25.2 Å². The molecule has 0 amide bonds. The predicted octanol–water partition coefficient (Wildman–Crippen LogP) is 2.40. The number of hydrogen-bond donors (Lipinski definition) is 1. The van der Waals surface area contributed by atoms with Crippen LogP contribution in [0.1, 0.15) is 20.3 Å². The molecule has 0 radical (unpaired) electrons. The molecule has 0 saturated carbocycles. The summed E-state index contributed by atoms with van der Waals surface area (Å²) in [6.45, 7) is 7.28. The number of hydrogen-bond acceptors (Lipinski definition) is 2. The van der Waals surface area contributed by atoms with Gasteiger partial charge in [0.2, 0.25) is 0 Å². The van der Waals surface area contributed by atoms with Gasteiger partial charge >= 0.3 is 0 Å². The summed E-state index contributed by atoms with van der Waals surface area (Å²) in [7, 11) is 0. The van der Waals surface area contributed by atoms with Gasteiger partial charge in [0.15, 0.2) is 0 Å². The van der Waals surface area contributed by atoms with E-state index in [-0.39, 0.29) is 11.4 Å². The van der Waals surface area contributed by atoms with Gasteiger partial charge in [0.25, 0.3) is 0 Å². The molecule has 1 aromatic carbocycles. The molecule has 1 N–H and O–H groups in total. The van der Waals surface area contributed by atoms with E-state index < -0.39 is 0 Å². The van der Waals surface area contributed by atoms with Gasteiger partial charge < -0.3 is 10.2 Å². The van der Waals surface area contributed by atoms with Crippen LogP contribution < -0.4 is 10.2 Å². The summed E-state index contributed by atoms with van der Waals surface area (Å²) >= 11 is 0. The Bertz CT molecular complexity index is 363. The van der Waals surface area contributed by atoms with Crippen LogP contribution in [0.4, 0.5) is 10.1 Å². The van der Waals surface area contributed by atoms with Crippen molar-refractivity contribution in [2.24, 2.45) is 0 Å². The molecule has 0 spiro atoms. The Morgan fingerprint density at radius 3 is 2.88 bits per heavy atom. The van der Waals surface area contributed by atoms with Crippen molar-refractivity contribution in [3.8, 4) is 0 Å². The fourth-order valence-corrected chi connectivity index (χ4v) is 2.07. The fourth-order valence-electron chi connectivity index (χ4n) is 2.07. The molecule has 0 unspecified atom stereocenters. The highest BCUT2D eigenvalue weighted by molar-refractivity contribution is 5.46. The van der Waals surface area contributed by atoms with E-state index in [1.54, 1.807) is 12.1 Å². The molecule has 1 heterocycles. The van der Waals surface area contributed by atoms with Gasteiger partial charge in [-0.25, -0.2) is 4.39 Å². The van der Waals surface area contributed by atoms with Crippen LogP contribution in [0.15, 0.2) is 24.3 Å². The SMILES string of the molecule is CC1(C)CCN(c2cccc(F)c2)CCN1. The van der Waals surface area contributed by atoms with Crippen molar-refractivity contribution in [3.05, 3.63) is 30.1 Å². The molecule has 0 aromatic heterocycles. The van der Waals surface area contributed by atoms with Crippen LogP contribution in [0.25, 0.3) is 0 Å². The normalized spacial score (nSPS) is 20.6. The highest BCUT2D eigenvalue weighted by Crippen LogP contribution is 2.20. The third kappa shape index (κ3) is 2.73. The van der Waals surface area contributed by atoms with Crippen molar-refractivity contribution in [3.63, 3.8) is 0 Å². The van der Waals surface area contributed by atoms with Gasteiger partial charge in [0, 0.05) is 30.9 Å². The van der Waals surface area contributed by atoms with Crippen LogP contribution in [-0.2, 0) is 0 Å². The first kappa shape index (κ1) is 11.4. The molecule has 3 heteroatoms. The van der Waals surface area contributed by atoms with E-state index in [0.29, 0.717) is 0 Å². The van der Waals surface area contributed by atoms with E-state index in [1.165, 1.54) is 6.07 Å². The molecule has 1 aliphatic rings. The van der Waals surface area contributed by atoms with Crippen molar-refractivity contribution in [1.29, 1.82) is 0 Å². The van der Waals surface area contributed by atoms with E-state index >= 15 is 0 Å². The summed E-state index contributed by atoms with van der Waals surface area (Å²) in [6, 6.07) is 6.84. The first-order valence-electron chi connectivity index (χ1n) is 5.82. The van der Waals surface area contributed by atoms with Gasteiger partial charge in [-0.3, -0.25) is 0 Å². The lowest BCUT2D eigenvalue weighted by Crippen LogP contribution is -2.39. The summed E-state index contributed by atoms with van der Waals surface area (Å²) in [4.78, 5) is 2.24. The van der Waals surface area contributed by atoms with Crippen molar-refractivity contribution < 1.29 is 4.39 Å². The molecule has 1 aromatic rings. The predicted molar refractivity (Wildman–Crippen MR) is 65.3 cm³/mol. The standard InChI is InChI=1S/C13H19FN2/c1-13(2)6-8-16(9-7-15-13)12-5-3-4-11(14)10-12/h3-5,10,15H,6-9H2,1-2H3. The lowest BCUT2D eigenvalue weighted by molar-refractivity contribution is 0.394. The molecule has 0 aliphatic carbocycles.